The Bertz CT molecular complexity index is 564. The molecule has 0 aromatic carbocycles. The predicted molar refractivity (Wildman–Crippen MR) is 61.2 cm³/mol. The van der Waals surface area contributed by atoms with Gasteiger partial charge < -0.3 is 4.74 Å². The van der Waals surface area contributed by atoms with E-state index in [1.165, 1.54) is 0 Å². The molecule has 0 spiro atoms. The molecule has 0 radical (unpaired) electrons. The van der Waals surface area contributed by atoms with Gasteiger partial charge in [0.25, 0.3) is 0 Å². The quantitative estimate of drug-likeness (QED) is 0.298. The number of hydrogen-bond acceptors (Lipinski definition) is 2. The average Bonchev–Trinajstić information content (AvgIpc) is 2.49. The van der Waals surface area contributed by atoms with Crippen LogP contribution in [0.2, 0.25) is 0 Å². The molecule has 0 aromatic heterocycles. The number of carbonyl (C=O) groups is 1. The molecular weight excluding hydrogens is 423 g/mol. The van der Waals surface area contributed by atoms with Gasteiger partial charge in [-0.1, -0.05) is 13.5 Å². The van der Waals surface area contributed by atoms with Crippen molar-refractivity contribution in [1.82, 2.24) is 0 Å². The van der Waals surface area contributed by atoms with Crippen molar-refractivity contribution in [3.05, 3.63) is 12.7 Å². The molecule has 0 fully saturated rings. The van der Waals surface area contributed by atoms with Crippen LogP contribution in [0.1, 0.15) is 13.3 Å². The van der Waals surface area contributed by atoms with E-state index in [0.29, 0.717) is 6.92 Å². The van der Waals surface area contributed by atoms with E-state index < -0.39 is 54.3 Å². The van der Waals surface area contributed by atoms with Gasteiger partial charge in [0.05, 0.1) is 0 Å². The molecule has 1 atom stereocenters. The smallest absolute Gasteiger partial charge is 0.453 e. The van der Waals surface area contributed by atoms with Crippen molar-refractivity contribution < 1.29 is 66.6 Å². The van der Waals surface area contributed by atoms with Gasteiger partial charge in [0.1, 0.15) is 0 Å². The number of halogens is 13. The molecular formula is C12H9F13O2. The first-order chi connectivity index (χ1) is 11.7. The van der Waals surface area contributed by atoms with Crippen molar-refractivity contribution in [2.45, 2.75) is 55.2 Å². The number of carbonyl (C=O) groups excluding carboxylic acids is 1. The predicted octanol–water partition coefficient (Wildman–Crippen LogP) is 5.23. The summed E-state index contributed by atoms with van der Waals surface area (Å²) in [6, 6.07) is 0. The van der Waals surface area contributed by atoms with Gasteiger partial charge in [0.15, 0.2) is 6.10 Å². The second kappa shape index (κ2) is 7.04. The summed E-state index contributed by atoms with van der Waals surface area (Å²) < 4.78 is 172. The molecule has 0 bridgehead atoms. The largest absolute Gasteiger partial charge is 0.460 e. The lowest BCUT2D eigenvalue weighted by Gasteiger charge is -2.41. The highest BCUT2D eigenvalue weighted by atomic mass is 19.4. The lowest BCUT2D eigenvalue weighted by Crippen LogP contribution is -2.71. The van der Waals surface area contributed by atoms with Gasteiger partial charge in [-0.05, 0) is 6.42 Å². The van der Waals surface area contributed by atoms with Crippen molar-refractivity contribution in [3.63, 3.8) is 0 Å². The Balaban J connectivity index is 6.36. The first kappa shape index (κ1) is 25.3. The summed E-state index contributed by atoms with van der Waals surface area (Å²) in [5.41, 5.74) is 0. The van der Waals surface area contributed by atoms with Crippen LogP contribution < -0.4 is 0 Å². The molecule has 27 heavy (non-hydrogen) atoms. The van der Waals surface area contributed by atoms with Crippen LogP contribution in [0.3, 0.4) is 0 Å². The highest BCUT2D eigenvalue weighted by Crippen LogP contribution is 2.60. The molecule has 0 saturated carbocycles. The number of ether oxygens (including phenoxy) is 1. The minimum Gasteiger partial charge on any atom is -0.453 e. The van der Waals surface area contributed by atoms with Crippen LogP contribution in [0.25, 0.3) is 0 Å². The lowest BCUT2D eigenvalue weighted by molar-refractivity contribution is -0.444. The van der Waals surface area contributed by atoms with Gasteiger partial charge in [-0.2, -0.15) is 57.1 Å². The molecule has 15 heteroatoms. The van der Waals surface area contributed by atoms with Crippen LogP contribution in [0, 0.1) is 0 Å². The van der Waals surface area contributed by atoms with Gasteiger partial charge in [0.2, 0.25) is 0 Å². The maximum atomic E-state index is 13.7. The van der Waals surface area contributed by atoms with Crippen molar-refractivity contribution in [2.75, 3.05) is 0 Å². The summed E-state index contributed by atoms with van der Waals surface area (Å²) in [6.45, 7) is 3.16. The van der Waals surface area contributed by atoms with Crippen molar-refractivity contribution >= 4 is 5.97 Å². The topological polar surface area (TPSA) is 26.3 Å². The van der Waals surface area contributed by atoms with Gasteiger partial charge in [-0.25, -0.2) is 4.79 Å². The third-order valence-corrected chi connectivity index (χ3v) is 3.16. The SMILES string of the molecule is C=CC(=O)OC(CC)C(F)(F)C(F)(F)C(F)(F)C(F)(F)C(F)(F)C(F)(F)F. The van der Waals surface area contributed by atoms with Crippen LogP contribution in [-0.2, 0) is 9.53 Å². The van der Waals surface area contributed by atoms with Gasteiger partial charge >= 0.3 is 41.8 Å². The van der Waals surface area contributed by atoms with E-state index in [1.807, 2.05) is 0 Å². The summed E-state index contributed by atoms with van der Waals surface area (Å²) in [5, 5.41) is 0. The van der Waals surface area contributed by atoms with Crippen LogP contribution in [0.5, 0.6) is 0 Å². The van der Waals surface area contributed by atoms with Crippen LogP contribution >= 0.6 is 0 Å². The third-order valence-electron chi connectivity index (χ3n) is 3.16. The maximum Gasteiger partial charge on any atom is 0.460 e. The Labute approximate surface area is 141 Å². The van der Waals surface area contributed by atoms with Crippen molar-refractivity contribution in [2.24, 2.45) is 0 Å². The zero-order chi connectivity index (χ0) is 22.3. The highest BCUT2D eigenvalue weighted by molar-refractivity contribution is 5.81. The maximum absolute atomic E-state index is 13.7. The summed E-state index contributed by atoms with van der Waals surface area (Å²) in [6.07, 6.45) is -12.4. The van der Waals surface area contributed by atoms with E-state index in [9.17, 15) is 61.9 Å². The molecule has 0 saturated heterocycles. The molecule has 0 rings (SSSR count). The summed E-state index contributed by atoms with van der Waals surface area (Å²) >= 11 is 0. The van der Waals surface area contributed by atoms with Crippen LogP contribution in [0.15, 0.2) is 12.7 Å². The van der Waals surface area contributed by atoms with Crippen molar-refractivity contribution in [1.29, 1.82) is 0 Å². The Hall–Kier alpha value is -1.70. The normalized spacial score (nSPS) is 16.1. The zero-order valence-electron chi connectivity index (χ0n) is 12.8. The molecule has 0 amide bonds. The minimum absolute atomic E-state index is 0.0848. The second-order valence-electron chi connectivity index (χ2n) is 4.96. The lowest BCUT2D eigenvalue weighted by atomic mass is 9.91. The molecule has 0 N–H and O–H groups in total. The van der Waals surface area contributed by atoms with E-state index >= 15 is 0 Å². The summed E-state index contributed by atoms with van der Waals surface area (Å²) in [4.78, 5) is 10.8. The Kier molecular flexibility index (Phi) is 6.59. The molecule has 2 nitrogen and oxygen atoms in total. The molecule has 0 heterocycles. The molecule has 1 unspecified atom stereocenters. The second-order valence-corrected chi connectivity index (χ2v) is 4.96. The molecule has 0 aliphatic rings. The minimum atomic E-state index is -7.99. The van der Waals surface area contributed by atoms with Gasteiger partial charge in [-0.15, -0.1) is 0 Å². The van der Waals surface area contributed by atoms with E-state index in [-0.39, 0.29) is 6.08 Å². The standard InChI is InChI=1S/C12H9F13O2/c1-3-5(27-6(26)4-2)7(13,14)8(15,16)9(17,18)10(19,20)11(21,22)12(23,24)25/h4-5H,2-3H2,1H3. The molecule has 0 aliphatic carbocycles. The Morgan fingerprint density at radius 2 is 1.19 bits per heavy atom. The van der Waals surface area contributed by atoms with E-state index in [4.69, 9.17) is 0 Å². The molecule has 0 aliphatic heterocycles. The fourth-order valence-corrected chi connectivity index (χ4v) is 1.59. The monoisotopic (exact) mass is 432 g/mol. The first-order valence-electron chi connectivity index (χ1n) is 6.45. The van der Waals surface area contributed by atoms with E-state index in [0.717, 1.165) is 0 Å². The summed E-state index contributed by atoms with van der Waals surface area (Å²) in [7, 11) is 0. The number of alkyl halides is 13. The number of rotatable bonds is 8. The number of hydrogen-bond donors (Lipinski definition) is 0. The molecule has 160 valence electrons. The number of esters is 1. The van der Waals surface area contributed by atoms with E-state index in [2.05, 4.69) is 11.3 Å². The van der Waals surface area contributed by atoms with Crippen molar-refractivity contribution in [3.8, 4) is 0 Å². The summed E-state index contributed by atoms with van der Waals surface area (Å²) in [5.74, 6) is -39.6. The average molecular weight is 432 g/mol. The van der Waals surface area contributed by atoms with E-state index in [1.54, 1.807) is 0 Å². The van der Waals surface area contributed by atoms with Gasteiger partial charge in [0, 0.05) is 6.08 Å². The third kappa shape index (κ3) is 3.68. The highest BCUT2D eigenvalue weighted by Gasteiger charge is 2.91. The fraction of sp³-hybridized carbons (Fsp3) is 0.750. The van der Waals surface area contributed by atoms with Crippen LogP contribution in [0.4, 0.5) is 57.1 Å². The van der Waals surface area contributed by atoms with Gasteiger partial charge in [-0.3, -0.25) is 0 Å². The fourth-order valence-electron chi connectivity index (χ4n) is 1.59. The molecule has 0 aromatic rings. The van der Waals surface area contributed by atoms with Crippen LogP contribution in [-0.4, -0.2) is 47.9 Å². The Morgan fingerprint density at radius 3 is 1.48 bits per heavy atom. The first-order valence-corrected chi connectivity index (χ1v) is 6.45. The Morgan fingerprint density at radius 1 is 0.815 bits per heavy atom. The zero-order valence-corrected chi connectivity index (χ0v) is 12.8.